The Labute approximate surface area is 182 Å². The Bertz CT molecular complexity index is 1250. The standard InChI is InChI=1S/C21H20ClN7O2/c1-11-6-15(22)3-2-12(11)9-23-20-27-18-14(7-13-8-17(30)26-19(13)31)10-24-29(18)21(28-20)25-16-4-5-16/h2-3,6-7,10,16H,4-5,8-9H2,1H3,(H,26,30,31)(H2,23,25,27,28)/b13-7+. The number of halogens is 1. The summed E-state index contributed by atoms with van der Waals surface area (Å²) in [5, 5.41) is 14.0. The van der Waals surface area contributed by atoms with Gasteiger partial charge in [0.2, 0.25) is 17.8 Å². The summed E-state index contributed by atoms with van der Waals surface area (Å²) < 4.78 is 1.62. The van der Waals surface area contributed by atoms with Crippen molar-refractivity contribution in [3.05, 3.63) is 51.7 Å². The lowest BCUT2D eigenvalue weighted by molar-refractivity contribution is -0.124. The third-order valence-corrected chi connectivity index (χ3v) is 5.51. The fourth-order valence-electron chi connectivity index (χ4n) is 3.42. The molecule has 0 radical (unpaired) electrons. The zero-order valence-electron chi connectivity index (χ0n) is 16.8. The molecular formula is C21H20ClN7O2. The minimum Gasteiger partial charge on any atom is -0.351 e. The third-order valence-electron chi connectivity index (χ3n) is 5.27. The van der Waals surface area contributed by atoms with Gasteiger partial charge in [-0.1, -0.05) is 17.7 Å². The quantitative estimate of drug-likeness (QED) is 0.401. The molecule has 158 valence electrons. The molecule has 1 aliphatic heterocycles. The summed E-state index contributed by atoms with van der Waals surface area (Å²) >= 11 is 6.05. The van der Waals surface area contributed by atoms with E-state index < -0.39 is 0 Å². The van der Waals surface area contributed by atoms with Crippen LogP contribution < -0.4 is 16.0 Å². The molecule has 0 bridgehead atoms. The van der Waals surface area contributed by atoms with Crippen LogP contribution in [0.1, 0.15) is 36.0 Å². The van der Waals surface area contributed by atoms with E-state index in [1.165, 1.54) is 0 Å². The van der Waals surface area contributed by atoms with Crippen molar-refractivity contribution in [1.29, 1.82) is 0 Å². The van der Waals surface area contributed by atoms with Gasteiger partial charge in [0, 0.05) is 28.7 Å². The number of hydrogen-bond acceptors (Lipinski definition) is 7. The van der Waals surface area contributed by atoms with Gasteiger partial charge >= 0.3 is 0 Å². The van der Waals surface area contributed by atoms with Crippen molar-refractivity contribution in [2.45, 2.75) is 38.8 Å². The van der Waals surface area contributed by atoms with Crippen molar-refractivity contribution in [2.24, 2.45) is 0 Å². The number of amides is 2. The van der Waals surface area contributed by atoms with Crippen LogP contribution in [0.2, 0.25) is 5.02 Å². The molecule has 2 fully saturated rings. The van der Waals surface area contributed by atoms with E-state index in [2.05, 4.69) is 31.0 Å². The summed E-state index contributed by atoms with van der Waals surface area (Å²) in [4.78, 5) is 32.7. The molecule has 3 N–H and O–H groups in total. The van der Waals surface area contributed by atoms with E-state index in [1.54, 1.807) is 16.8 Å². The SMILES string of the molecule is Cc1cc(Cl)ccc1CNc1nc(NC2CC2)n2ncc(/C=C3\CC(=O)NC3=O)c2n1. The van der Waals surface area contributed by atoms with E-state index in [0.29, 0.717) is 46.3 Å². The maximum absolute atomic E-state index is 12.0. The predicted octanol–water partition coefficient (Wildman–Crippen LogP) is 2.70. The Morgan fingerprint density at radius 3 is 2.84 bits per heavy atom. The van der Waals surface area contributed by atoms with Gasteiger partial charge in [-0.3, -0.25) is 14.9 Å². The lowest BCUT2D eigenvalue weighted by Gasteiger charge is -2.11. The zero-order valence-corrected chi connectivity index (χ0v) is 17.5. The Kier molecular flexibility index (Phi) is 4.82. The molecule has 2 aliphatic rings. The number of carbonyl (C=O) groups is 2. The largest absolute Gasteiger partial charge is 0.351 e. The second-order valence-electron chi connectivity index (χ2n) is 7.77. The minimum absolute atomic E-state index is 0.0510. The Hall–Kier alpha value is -3.46. The van der Waals surface area contributed by atoms with Crippen LogP contribution in [-0.4, -0.2) is 37.4 Å². The summed E-state index contributed by atoms with van der Waals surface area (Å²) in [5.74, 6) is 0.335. The molecule has 2 amide bonds. The van der Waals surface area contributed by atoms with E-state index >= 15 is 0 Å². The van der Waals surface area contributed by atoms with Gasteiger partial charge in [-0.05, 0) is 49.1 Å². The van der Waals surface area contributed by atoms with Crippen LogP contribution in [-0.2, 0) is 16.1 Å². The first-order valence-corrected chi connectivity index (χ1v) is 10.4. The van der Waals surface area contributed by atoms with Gasteiger partial charge in [-0.2, -0.15) is 19.6 Å². The van der Waals surface area contributed by atoms with Gasteiger partial charge in [0.15, 0.2) is 5.65 Å². The summed E-state index contributed by atoms with van der Waals surface area (Å²) in [6.07, 6.45) is 5.49. The van der Waals surface area contributed by atoms with Gasteiger partial charge < -0.3 is 10.6 Å². The molecule has 5 rings (SSSR count). The molecule has 0 spiro atoms. The molecule has 9 nitrogen and oxygen atoms in total. The smallest absolute Gasteiger partial charge is 0.254 e. The molecule has 2 aromatic heterocycles. The topological polar surface area (TPSA) is 113 Å². The fraction of sp³-hybridized carbons (Fsp3) is 0.286. The van der Waals surface area contributed by atoms with E-state index in [9.17, 15) is 9.59 Å². The van der Waals surface area contributed by atoms with Gasteiger partial charge in [-0.25, -0.2) is 0 Å². The number of benzene rings is 1. The van der Waals surface area contributed by atoms with Crippen LogP contribution in [0.25, 0.3) is 11.7 Å². The number of nitrogens with one attached hydrogen (secondary N) is 3. The van der Waals surface area contributed by atoms with Gasteiger partial charge in [-0.15, -0.1) is 0 Å². The summed E-state index contributed by atoms with van der Waals surface area (Å²) in [5.41, 5.74) is 3.74. The molecule has 3 heterocycles. The van der Waals surface area contributed by atoms with Crippen molar-refractivity contribution in [1.82, 2.24) is 24.9 Å². The van der Waals surface area contributed by atoms with E-state index in [4.69, 9.17) is 11.6 Å². The molecule has 10 heteroatoms. The van der Waals surface area contributed by atoms with Crippen LogP contribution in [0, 0.1) is 6.92 Å². The average molecular weight is 438 g/mol. The fourth-order valence-corrected chi connectivity index (χ4v) is 3.65. The first-order valence-electron chi connectivity index (χ1n) is 10.0. The molecule has 3 aromatic rings. The highest BCUT2D eigenvalue weighted by molar-refractivity contribution is 6.30. The monoisotopic (exact) mass is 437 g/mol. The Morgan fingerprint density at radius 2 is 2.13 bits per heavy atom. The normalized spacial score (nSPS) is 17.4. The van der Waals surface area contributed by atoms with E-state index in [0.717, 1.165) is 24.0 Å². The summed E-state index contributed by atoms with van der Waals surface area (Å²) in [6, 6.07) is 6.11. The lowest BCUT2D eigenvalue weighted by Crippen LogP contribution is -2.19. The molecular weight excluding hydrogens is 418 g/mol. The van der Waals surface area contributed by atoms with Gasteiger partial charge in [0.1, 0.15) is 0 Å². The maximum Gasteiger partial charge on any atom is 0.254 e. The third kappa shape index (κ3) is 4.09. The number of fused-ring (bicyclic) bond motifs is 1. The van der Waals surface area contributed by atoms with Crippen molar-refractivity contribution in [2.75, 3.05) is 10.6 Å². The first-order chi connectivity index (χ1) is 15.0. The molecule has 0 unspecified atom stereocenters. The van der Waals surface area contributed by atoms with Crippen LogP contribution in [0.4, 0.5) is 11.9 Å². The van der Waals surface area contributed by atoms with Crippen molar-refractivity contribution in [3.63, 3.8) is 0 Å². The number of aryl methyl sites for hydroxylation is 1. The van der Waals surface area contributed by atoms with Gasteiger partial charge in [0.25, 0.3) is 5.91 Å². The molecule has 31 heavy (non-hydrogen) atoms. The lowest BCUT2D eigenvalue weighted by atomic mass is 10.1. The second kappa shape index (κ2) is 7.66. The van der Waals surface area contributed by atoms with Crippen LogP contribution in [0.15, 0.2) is 30.0 Å². The Morgan fingerprint density at radius 1 is 1.29 bits per heavy atom. The highest BCUT2D eigenvalue weighted by Gasteiger charge is 2.26. The molecule has 1 aromatic carbocycles. The highest BCUT2D eigenvalue weighted by Crippen LogP contribution is 2.26. The van der Waals surface area contributed by atoms with Crippen molar-refractivity contribution >= 4 is 47.0 Å². The highest BCUT2D eigenvalue weighted by atomic mass is 35.5. The predicted molar refractivity (Wildman–Crippen MR) is 117 cm³/mol. The number of aromatic nitrogens is 4. The zero-order chi connectivity index (χ0) is 21.5. The average Bonchev–Trinajstić information content (AvgIpc) is 3.36. The number of rotatable bonds is 6. The molecule has 1 aliphatic carbocycles. The van der Waals surface area contributed by atoms with Gasteiger partial charge in [0.05, 0.1) is 12.6 Å². The van der Waals surface area contributed by atoms with Crippen molar-refractivity contribution < 1.29 is 9.59 Å². The van der Waals surface area contributed by atoms with Crippen LogP contribution in [0.3, 0.4) is 0 Å². The van der Waals surface area contributed by atoms with Crippen molar-refractivity contribution in [3.8, 4) is 0 Å². The first kappa shape index (κ1) is 19.5. The number of nitrogens with zero attached hydrogens (tertiary/aromatic N) is 4. The minimum atomic E-state index is -0.383. The number of anilines is 2. The second-order valence-corrected chi connectivity index (χ2v) is 8.21. The number of carbonyl (C=O) groups excluding carboxylic acids is 2. The molecule has 1 saturated heterocycles. The Balaban J connectivity index is 1.49. The molecule has 1 saturated carbocycles. The van der Waals surface area contributed by atoms with E-state index in [-0.39, 0.29) is 18.2 Å². The maximum atomic E-state index is 12.0. The van der Waals surface area contributed by atoms with Crippen LogP contribution in [0.5, 0.6) is 0 Å². The summed E-state index contributed by atoms with van der Waals surface area (Å²) in [6.45, 7) is 2.53. The molecule has 0 atom stereocenters. The van der Waals surface area contributed by atoms with Crippen LogP contribution >= 0.6 is 11.6 Å². The van der Waals surface area contributed by atoms with E-state index in [1.807, 2.05) is 25.1 Å². The summed E-state index contributed by atoms with van der Waals surface area (Å²) in [7, 11) is 0. The number of hydrogen-bond donors (Lipinski definition) is 3. The number of imide groups is 1.